The normalized spacial score (nSPS) is 11.4. The van der Waals surface area contributed by atoms with Gasteiger partial charge in [0.2, 0.25) is 0 Å². The van der Waals surface area contributed by atoms with E-state index in [1.807, 2.05) is 21.1 Å². The van der Waals surface area contributed by atoms with Gasteiger partial charge in [-0.3, -0.25) is 4.79 Å². The van der Waals surface area contributed by atoms with Gasteiger partial charge in [0.05, 0.1) is 21.1 Å². The van der Waals surface area contributed by atoms with E-state index in [9.17, 15) is 9.59 Å². The second kappa shape index (κ2) is 10.1. The van der Waals surface area contributed by atoms with E-state index >= 15 is 0 Å². The first-order valence-corrected chi connectivity index (χ1v) is 9.43. The van der Waals surface area contributed by atoms with Crippen LogP contribution in [0, 0.1) is 0 Å². The Hall–Kier alpha value is -2.08. The van der Waals surface area contributed by atoms with Gasteiger partial charge in [-0.25, -0.2) is 4.79 Å². The van der Waals surface area contributed by atoms with Gasteiger partial charge in [0, 0.05) is 16.1 Å². The van der Waals surface area contributed by atoms with Crippen LogP contribution in [0.3, 0.4) is 0 Å². The predicted molar refractivity (Wildman–Crippen MR) is 110 cm³/mol. The Morgan fingerprint density at radius 1 is 0.931 bits per heavy atom. The molecule has 0 amide bonds. The SMILES string of the molecule is CC(C)(Oc1ccc(C(=O)c2ccc(Cl)cc2)cc1)C(=O)OCC[N+](C)(C)C.[Cl-]. The molecule has 0 fully saturated rings. The van der Waals surface area contributed by atoms with Crippen LogP contribution in [-0.2, 0) is 9.53 Å². The largest absolute Gasteiger partial charge is 1.00 e. The molecule has 0 aliphatic rings. The van der Waals surface area contributed by atoms with Gasteiger partial charge in [-0.1, -0.05) is 11.6 Å². The zero-order valence-corrected chi connectivity index (χ0v) is 18.9. The minimum absolute atomic E-state index is 0. The maximum Gasteiger partial charge on any atom is 0.350 e. The van der Waals surface area contributed by atoms with E-state index in [1.54, 1.807) is 62.4 Å². The maximum atomic E-state index is 12.5. The lowest BCUT2D eigenvalue weighted by Crippen LogP contribution is -3.00. The molecule has 5 nitrogen and oxygen atoms in total. The van der Waals surface area contributed by atoms with Crippen molar-refractivity contribution in [2.45, 2.75) is 19.4 Å². The average Bonchev–Trinajstić information content (AvgIpc) is 2.61. The molecular weight excluding hydrogens is 413 g/mol. The van der Waals surface area contributed by atoms with Crippen LogP contribution in [0.1, 0.15) is 29.8 Å². The molecule has 0 radical (unpaired) electrons. The molecular formula is C22H27Cl2NO4. The van der Waals surface area contributed by atoms with Crippen LogP contribution in [0.5, 0.6) is 5.75 Å². The topological polar surface area (TPSA) is 52.6 Å². The summed E-state index contributed by atoms with van der Waals surface area (Å²) in [7, 11) is 6.09. The van der Waals surface area contributed by atoms with Crippen molar-refractivity contribution in [3.8, 4) is 5.75 Å². The van der Waals surface area contributed by atoms with Gasteiger partial charge in [-0.05, 0) is 62.4 Å². The quantitative estimate of drug-likeness (QED) is 0.349. The summed E-state index contributed by atoms with van der Waals surface area (Å²) in [6, 6.07) is 13.4. The number of carbonyl (C=O) groups excluding carboxylic acids is 2. The smallest absolute Gasteiger partial charge is 0.350 e. The van der Waals surface area contributed by atoms with Crippen LogP contribution in [0.25, 0.3) is 0 Å². The predicted octanol–water partition coefficient (Wildman–Crippen LogP) is 0.982. The number of benzene rings is 2. The molecule has 0 bridgehead atoms. The number of hydrogen-bond donors (Lipinski definition) is 0. The van der Waals surface area contributed by atoms with Gasteiger partial charge in [0.25, 0.3) is 0 Å². The van der Waals surface area contributed by atoms with Gasteiger partial charge < -0.3 is 26.4 Å². The van der Waals surface area contributed by atoms with E-state index < -0.39 is 11.6 Å². The van der Waals surface area contributed by atoms with Crippen molar-refractivity contribution in [2.75, 3.05) is 34.3 Å². The van der Waals surface area contributed by atoms with Crippen LogP contribution in [0.4, 0.5) is 0 Å². The Bertz CT molecular complexity index is 825. The Morgan fingerprint density at radius 2 is 1.41 bits per heavy atom. The van der Waals surface area contributed by atoms with E-state index in [1.165, 1.54) is 0 Å². The summed E-state index contributed by atoms with van der Waals surface area (Å²) in [5.74, 6) is -0.0503. The standard InChI is InChI=1S/C22H27ClNO4.ClH/c1-22(2,21(26)27-15-14-24(3,4)5)28-19-12-8-17(9-13-19)20(25)16-6-10-18(23)11-7-16;/h6-13H,14-15H2,1-5H3;1H/q+1;/p-1. The van der Waals surface area contributed by atoms with Crippen LogP contribution in [0.2, 0.25) is 5.02 Å². The molecule has 158 valence electrons. The summed E-state index contributed by atoms with van der Waals surface area (Å²) in [5, 5.41) is 0.580. The molecule has 0 heterocycles. The van der Waals surface area contributed by atoms with Crippen LogP contribution in [-0.4, -0.2) is 56.1 Å². The Balaban J connectivity index is 0.00000420. The summed E-state index contributed by atoms with van der Waals surface area (Å²) in [4.78, 5) is 24.8. The van der Waals surface area contributed by atoms with E-state index in [0.29, 0.717) is 39.5 Å². The minimum Gasteiger partial charge on any atom is -1.00 e. The summed E-state index contributed by atoms with van der Waals surface area (Å²) >= 11 is 5.86. The van der Waals surface area contributed by atoms with Gasteiger partial charge >= 0.3 is 5.97 Å². The third-order valence-electron chi connectivity index (χ3n) is 4.08. The lowest BCUT2D eigenvalue weighted by Gasteiger charge is -2.27. The van der Waals surface area contributed by atoms with E-state index in [0.717, 1.165) is 0 Å². The van der Waals surface area contributed by atoms with E-state index in [-0.39, 0.29) is 18.2 Å². The molecule has 2 rings (SSSR count). The first-order valence-electron chi connectivity index (χ1n) is 9.05. The summed E-state index contributed by atoms with van der Waals surface area (Å²) in [6.45, 7) is 4.36. The van der Waals surface area contributed by atoms with Crippen molar-refractivity contribution in [1.29, 1.82) is 0 Å². The number of quaternary nitrogens is 1. The summed E-state index contributed by atoms with van der Waals surface area (Å²) in [5.41, 5.74) is -0.0516. The van der Waals surface area contributed by atoms with E-state index in [4.69, 9.17) is 21.1 Å². The minimum atomic E-state index is -1.13. The number of carbonyl (C=O) groups is 2. The monoisotopic (exact) mass is 439 g/mol. The molecule has 0 aromatic heterocycles. The first-order chi connectivity index (χ1) is 13.0. The maximum absolute atomic E-state index is 12.5. The van der Waals surface area contributed by atoms with Gasteiger partial charge in [-0.2, -0.15) is 0 Å². The molecule has 0 aliphatic heterocycles. The van der Waals surface area contributed by atoms with E-state index in [2.05, 4.69) is 0 Å². The molecule has 2 aromatic rings. The molecule has 2 aromatic carbocycles. The van der Waals surface area contributed by atoms with Crippen molar-refractivity contribution in [3.05, 3.63) is 64.7 Å². The lowest BCUT2D eigenvalue weighted by atomic mass is 10.0. The molecule has 7 heteroatoms. The molecule has 0 aliphatic carbocycles. The second-order valence-corrected chi connectivity index (χ2v) is 8.56. The first kappa shape index (κ1) is 25.0. The zero-order valence-electron chi connectivity index (χ0n) is 17.4. The highest BCUT2D eigenvalue weighted by atomic mass is 35.5. The van der Waals surface area contributed by atoms with Crippen molar-refractivity contribution >= 4 is 23.4 Å². The second-order valence-electron chi connectivity index (χ2n) is 8.12. The fourth-order valence-corrected chi connectivity index (χ4v) is 2.49. The highest BCUT2D eigenvalue weighted by Gasteiger charge is 2.32. The number of nitrogens with zero attached hydrogens (tertiary/aromatic N) is 1. The van der Waals surface area contributed by atoms with Crippen molar-refractivity contribution in [1.82, 2.24) is 0 Å². The van der Waals surface area contributed by atoms with Crippen molar-refractivity contribution in [3.63, 3.8) is 0 Å². The third kappa shape index (κ3) is 7.69. The van der Waals surface area contributed by atoms with Gasteiger partial charge in [0.15, 0.2) is 11.4 Å². The average molecular weight is 440 g/mol. The fraction of sp³-hybridized carbons (Fsp3) is 0.364. The number of ketones is 1. The van der Waals surface area contributed by atoms with Crippen molar-refractivity contribution in [2.24, 2.45) is 0 Å². The molecule has 0 spiro atoms. The lowest BCUT2D eigenvalue weighted by molar-refractivity contribution is -0.870. The molecule has 29 heavy (non-hydrogen) atoms. The number of hydrogen-bond acceptors (Lipinski definition) is 4. The molecule has 0 N–H and O–H groups in total. The van der Waals surface area contributed by atoms with Crippen LogP contribution >= 0.6 is 11.6 Å². The summed E-state index contributed by atoms with van der Waals surface area (Å²) in [6.07, 6.45) is 0. The van der Waals surface area contributed by atoms with Crippen LogP contribution < -0.4 is 17.1 Å². The number of likely N-dealkylation sites (N-methyl/N-ethyl adjacent to an activating group) is 1. The highest BCUT2D eigenvalue weighted by Crippen LogP contribution is 2.22. The third-order valence-corrected chi connectivity index (χ3v) is 4.33. The highest BCUT2D eigenvalue weighted by molar-refractivity contribution is 6.30. The Kier molecular flexibility index (Phi) is 8.69. The van der Waals surface area contributed by atoms with Gasteiger partial charge in [-0.15, -0.1) is 0 Å². The molecule has 0 saturated carbocycles. The number of rotatable bonds is 8. The Labute approximate surface area is 183 Å². The van der Waals surface area contributed by atoms with Crippen LogP contribution in [0.15, 0.2) is 48.5 Å². The number of esters is 1. The zero-order chi connectivity index (χ0) is 20.9. The fourth-order valence-electron chi connectivity index (χ4n) is 2.36. The number of halogens is 2. The van der Waals surface area contributed by atoms with Crippen molar-refractivity contribution < 1.29 is 36.0 Å². The summed E-state index contributed by atoms with van der Waals surface area (Å²) < 4.78 is 11.8. The number of ether oxygens (including phenoxy) is 2. The molecule has 0 atom stereocenters. The molecule has 0 saturated heterocycles. The molecule has 0 unspecified atom stereocenters. The Morgan fingerprint density at radius 3 is 1.90 bits per heavy atom. The van der Waals surface area contributed by atoms with Gasteiger partial charge in [0.1, 0.15) is 18.9 Å².